The molecule has 0 aromatic heterocycles. The van der Waals surface area contributed by atoms with Gasteiger partial charge in [0, 0.05) is 18.5 Å². The largest absolute Gasteiger partial charge is 0.467 e. The Labute approximate surface area is 128 Å². The van der Waals surface area contributed by atoms with E-state index in [9.17, 15) is 14.7 Å². The fraction of sp³-hybridized carbons (Fsp3) is 0.294. The smallest absolute Gasteiger partial charge is 0.328 e. The van der Waals surface area contributed by atoms with Crippen molar-refractivity contribution in [1.82, 2.24) is 4.90 Å². The summed E-state index contributed by atoms with van der Waals surface area (Å²) in [5.41, 5.74) is 0.502. The molecule has 1 heterocycles. The second-order valence-electron chi connectivity index (χ2n) is 5.45. The Balaban J connectivity index is 1.92. The molecule has 5 nitrogen and oxygen atoms in total. The maximum atomic E-state index is 12.7. The molecule has 0 bridgehead atoms. The number of carbonyl (C=O) groups is 2. The minimum absolute atomic E-state index is 0.144. The van der Waals surface area contributed by atoms with Crippen molar-refractivity contribution in [3.05, 3.63) is 48.0 Å². The van der Waals surface area contributed by atoms with Crippen molar-refractivity contribution >= 4 is 22.6 Å². The lowest BCUT2D eigenvalue weighted by Gasteiger charge is -2.22. The number of aliphatic hydroxyl groups excluding tert-OH is 1. The predicted octanol–water partition coefficient (Wildman–Crippen LogP) is 1.59. The molecule has 2 aromatic rings. The van der Waals surface area contributed by atoms with Gasteiger partial charge >= 0.3 is 5.97 Å². The molecular weight excluding hydrogens is 282 g/mol. The lowest BCUT2D eigenvalue weighted by Crippen LogP contribution is -2.41. The van der Waals surface area contributed by atoms with Crippen LogP contribution >= 0.6 is 0 Å². The Morgan fingerprint density at radius 2 is 1.91 bits per heavy atom. The number of hydrogen-bond acceptors (Lipinski definition) is 4. The molecule has 1 aliphatic rings. The molecule has 1 fully saturated rings. The van der Waals surface area contributed by atoms with E-state index >= 15 is 0 Å². The Kier molecular flexibility index (Phi) is 3.81. The van der Waals surface area contributed by atoms with Crippen LogP contribution in [0.1, 0.15) is 16.8 Å². The maximum Gasteiger partial charge on any atom is 0.328 e. The van der Waals surface area contributed by atoms with Crippen molar-refractivity contribution in [2.45, 2.75) is 18.6 Å². The molecule has 0 radical (unpaired) electrons. The maximum absolute atomic E-state index is 12.7. The van der Waals surface area contributed by atoms with Crippen molar-refractivity contribution in [2.75, 3.05) is 13.7 Å². The van der Waals surface area contributed by atoms with Crippen LogP contribution in [0.25, 0.3) is 10.8 Å². The number of likely N-dealkylation sites (tertiary alicyclic amines) is 1. The van der Waals surface area contributed by atoms with Gasteiger partial charge < -0.3 is 14.7 Å². The summed E-state index contributed by atoms with van der Waals surface area (Å²) in [6.07, 6.45) is -0.486. The molecule has 22 heavy (non-hydrogen) atoms. The fourth-order valence-electron chi connectivity index (χ4n) is 2.89. The summed E-state index contributed by atoms with van der Waals surface area (Å²) in [5.74, 6) is -0.761. The Bertz CT molecular complexity index is 727. The summed E-state index contributed by atoms with van der Waals surface area (Å²) < 4.78 is 4.73. The highest BCUT2D eigenvalue weighted by atomic mass is 16.5. The third-order valence-electron chi connectivity index (χ3n) is 4.01. The first-order chi connectivity index (χ1) is 10.6. The van der Waals surface area contributed by atoms with E-state index in [1.165, 1.54) is 12.0 Å². The number of esters is 1. The molecule has 114 valence electrons. The number of β-amino-alcohol motifs (C(OH)–C–C–N with tert-alkyl or cyclic N) is 1. The van der Waals surface area contributed by atoms with Gasteiger partial charge in [-0.2, -0.15) is 0 Å². The van der Waals surface area contributed by atoms with Crippen molar-refractivity contribution < 1.29 is 19.4 Å². The van der Waals surface area contributed by atoms with Gasteiger partial charge in [0.05, 0.1) is 13.2 Å². The van der Waals surface area contributed by atoms with Crippen LogP contribution in [0.15, 0.2) is 42.5 Å². The highest BCUT2D eigenvalue weighted by Crippen LogP contribution is 2.23. The average molecular weight is 299 g/mol. The molecule has 0 unspecified atom stereocenters. The van der Waals surface area contributed by atoms with Gasteiger partial charge in [-0.25, -0.2) is 4.79 Å². The standard InChI is InChI=1S/C17H17NO4/c1-22-17(21)15-9-14(19)10-18(15)16(20)13-7-6-11-4-2-3-5-12(11)8-13/h2-8,14-15,19H,9-10H2,1H3/t14-,15+/m1/s1. The molecule has 1 amide bonds. The van der Waals surface area contributed by atoms with Crippen LogP contribution < -0.4 is 0 Å². The van der Waals surface area contributed by atoms with E-state index in [1.54, 1.807) is 12.1 Å². The van der Waals surface area contributed by atoms with Crippen LogP contribution in [0.3, 0.4) is 0 Å². The van der Waals surface area contributed by atoms with Crippen molar-refractivity contribution in [3.8, 4) is 0 Å². The van der Waals surface area contributed by atoms with Crippen LogP contribution in [0.4, 0.5) is 0 Å². The number of carbonyl (C=O) groups excluding carboxylic acids is 2. The summed E-state index contributed by atoms with van der Waals surface area (Å²) in [6, 6.07) is 12.5. The summed E-state index contributed by atoms with van der Waals surface area (Å²) in [5, 5.41) is 11.8. The molecule has 3 rings (SSSR count). The topological polar surface area (TPSA) is 66.8 Å². The SMILES string of the molecule is COC(=O)[C@@H]1C[C@@H](O)CN1C(=O)c1ccc2ccccc2c1. The van der Waals surface area contributed by atoms with E-state index in [-0.39, 0.29) is 18.9 Å². The van der Waals surface area contributed by atoms with Gasteiger partial charge in [-0.15, -0.1) is 0 Å². The minimum atomic E-state index is -0.723. The first-order valence-electron chi connectivity index (χ1n) is 7.16. The molecule has 1 saturated heterocycles. The number of benzene rings is 2. The van der Waals surface area contributed by atoms with Crippen molar-refractivity contribution in [1.29, 1.82) is 0 Å². The number of amides is 1. The average Bonchev–Trinajstić information content (AvgIpc) is 2.94. The van der Waals surface area contributed by atoms with E-state index in [0.29, 0.717) is 5.56 Å². The van der Waals surface area contributed by atoms with Gasteiger partial charge in [0.2, 0.25) is 0 Å². The minimum Gasteiger partial charge on any atom is -0.467 e. The van der Waals surface area contributed by atoms with E-state index in [4.69, 9.17) is 4.74 Å². The van der Waals surface area contributed by atoms with Crippen LogP contribution in [-0.4, -0.2) is 47.7 Å². The zero-order chi connectivity index (χ0) is 15.7. The second kappa shape index (κ2) is 5.77. The van der Waals surface area contributed by atoms with Gasteiger partial charge in [-0.3, -0.25) is 4.79 Å². The lowest BCUT2D eigenvalue weighted by atomic mass is 10.1. The Hall–Kier alpha value is -2.40. The van der Waals surface area contributed by atoms with Crippen LogP contribution in [0.5, 0.6) is 0 Å². The Morgan fingerprint density at radius 3 is 2.64 bits per heavy atom. The zero-order valence-electron chi connectivity index (χ0n) is 12.2. The van der Waals surface area contributed by atoms with Crippen LogP contribution in [0, 0.1) is 0 Å². The molecule has 1 N–H and O–H groups in total. The summed E-state index contributed by atoms with van der Waals surface area (Å²) in [6.45, 7) is 0.144. The van der Waals surface area contributed by atoms with E-state index < -0.39 is 18.1 Å². The predicted molar refractivity (Wildman–Crippen MR) is 81.4 cm³/mol. The first-order valence-corrected chi connectivity index (χ1v) is 7.16. The number of fused-ring (bicyclic) bond motifs is 1. The van der Waals surface area contributed by atoms with Gasteiger partial charge in [0.1, 0.15) is 6.04 Å². The molecule has 2 atom stereocenters. The van der Waals surface area contributed by atoms with E-state index in [2.05, 4.69) is 0 Å². The molecular formula is C17H17NO4. The number of methoxy groups -OCH3 is 1. The van der Waals surface area contributed by atoms with Gasteiger partial charge in [0.15, 0.2) is 0 Å². The monoisotopic (exact) mass is 299 g/mol. The van der Waals surface area contributed by atoms with Crippen LogP contribution in [0.2, 0.25) is 0 Å². The molecule has 2 aromatic carbocycles. The summed E-state index contributed by atoms with van der Waals surface area (Å²) in [4.78, 5) is 25.9. The summed E-state index contributed by atoms with van der Waals surface area (Å²) in [7, 11) is 1.28. The third-order valence-corrected chi connectivity index (χ3v) is 4.01. The van der Waals surface area contributed by atoms with E-state index in [1.807, 2.05) is 30.3 Å². The van der Waals surface area contributed by atoms with Crippen molar-refractivity contribution in [2.24, 2.45) is 0 Å². The highest BCUT2D eigenvalue weighted by Gasteiger charge is 2.39. The molecule has 0 saturated carbocycles. The van der Waals surface area contributed by atoms with Gasteiger partial charge in [-0.05, 0) is 22.9 Å². The van der Waals surface area contributed by atoms with Gasteiger partial charge in [0.25, 0.3) is 5.91 Å². The van der Waals surface area contributed by atoms with Gasteiger partial charge in [-0.1, -0.05) is 30.3 Å². The summed E-state index contributed by atoms with van der Waals surface area (Å²) >= 11 is 0. The molecule has 0 spiro atoms. The number of aliphatic hydroxyl groups is 1. The fourth-order valence-corrected chi connectivity index (χ4v) is 2.89. The third kappa shape index (κ3) is 2.55. The number of nitrogens with zero attached hydrogens (tertiary/aromatic N) is 1. The second-order valence-corrected chi connectivity index (χ2v) is 5.45. The lowest BCUT2D eigenvalue weighted by molar-refractivity contribution is -0.145. The molecule has 1 aliphatic heterocycles. The zero-order valence-corrected chi connectivity index (χ0v) is 12.2. The van der Waals surface area contributed by atoms with Crippen molar-refractivity contribution in [3.63, 3.8) is 0 Å². The number of ether oxygens (including phenoxy) is 1. The van der Waals surface area contributed by atoms with Crippen LogP contribution in [-0.2, 0) is 9.53 Å². The Morgan fingerprint density at radius 1 is 1.18 bits per heavy atom. The quantitative estimate of drug-likeness (QED) is 0.855. The molecule has 5 heteroatoms. The highest BCUT2D eigenvalue weighted by molar-refractivity contribution is 6.00. The number of hydrogen-bond donors (Lipinski definition) is 1. The molecule has 0 aliphatic carbocycles. The number of rotatable bonds is 2. The normalized spacial score (nSPS) is 21.1. The van der Waals surface area contributed by atoms with E-state index in [0.717, 1.165) is 10.8 Å². The first kappa shape index (κ1) is 14.5.